The Morgan fingerprint density at radius 1 is 1.17 bits per heavy atom. The van der Waals surface area contributed by atoms with Crippen molar-refractivity contribution in [1.82, 2.24) is 44.1 Å². The molecule has 1 saturated carbocycles. The molecule has 0 amide bonds. The molecule has 3 rings (SSSR count). The van der Waals surface area contributed by atoms with E-state index in [1.807, 2.05) is 34.1 Å². The molecule has 2 heterocycles. The lowest BCUT2D eigenvalue weighted by Gasteiger charge is -2.35. The number of fused-ring (bicyclic) bond motifs is 1. The number of nitrogens with zero attached hydrogens (tertiary/aromatic N) is 4. The summed E-state index contributed by atoms with van der Waals surface area (Å²) < 4.78 is 34.9. The second-order valence-corrected chi connectivity index (χ2v) is 11.2. The van der Waals surface area contributed by atoms with Gasteiger partial charge in [0.15, 0.2) is 15.3 Å². The number of aromatic nitrogens is 4. The predicted octanol–water partition coefficient (Wildman–Crippen LogP) is 2.37. The number of hydrogen-bond acceptors (Lipinski definition) is 12. The molecule has 17 nitrogen and oxygen atoms in total. The SMILES string of the molecule is CNc1nc(I)nc2c1ncn2CC1C[C@H](OP(=O)(O)O)[C@@](C)(COP(=O)(O)O)[C@@H]1C.N.N.N.N. The molecule has 0 aliphatic heterocycles. The topological polar surface area (TPSA) is 329 Å². The van der Waals surface area contributed by atoms with Crippen LogP contribution in [0.4, 0.5) is 5.82 Å². The molecule has 0 saturated heterocycles. The van der Waals surface area contributed by atoms with Crippen molar-refractivity contribution in [3.05, 3.63) is 10.2 Å². The van der Waals surface area contributed by atoms with Crippen molar-refractivity contribution in [1.29, 1.82) is 0 Å². The van der Waals surface area contributed by atoms with Crippen molar-refractivity contribution in [3.8, 4) is 0 Å². The Kier molecular flexibility index (Phi) is 13.6. The summed E-state index contributed by atoms with van der Waals surface area (Å²) in [5, 5.41) is 2.97. The molecule has 0 aromatic carbocycles. The zero-order valence-corrected chi connectivity index (χ0v) is 23.7. The van der Waals surface area contributed by atoms with Gasteiger partial charge in [0.2, 0.25) is 0 Å². The summed E-state index contributed by atoms with van der Waals surface area (Å²) in [7, 11) is -7.89. The molecule has 0 radical (unpaired) electrons. The van der Waals surface area contributed by atoms with Gasteiger partial charge in [-0.15, -0.1) is 0 Å². The number of anilines is 1. The predicted molar refractivity (Wildman–Crippen MR) is 138 cm³/mol. The summed E-state index contributed by atoms with van der Waals surface area (Å²) in [4.78, 5) is 50.1. The highest BCUT2D eigenvalue weighted by molar-refractivity contribution is 14.1. The van der Waals surface area contributed by atoms with E-state index >= 15 is 0 Å². The van der Waals surface area contributed by atoms with Crippen molar-refractivity contribution in [2.24, 2.45) is 17.3 Å². The van der Waals surface area contributed by atoms with Crippen LogP contribution in [0.25, 0.3) is 11.2 Å². The Morgan fingerprint density at radius 3 is 2.29 bits per heavy atom. The Morgan fingerprint density at radius 2 is 1.77 bits per heavy atom. The van der Waals surface area contributed by atoms with Gasteiger partial charge in [0, 0.05) is 41.6 Å². The van der Waals surface area contributed by atoms with Crippen molar-refractivity contribution in [3.63, 3.8) is 0 Å². The van der Waals surface area contributed by atoms with Crippen LogP contribution in [-0.4, -0.2) is 58.9 Å². The molecule has 2 aromatic rings. The number of halogens is 1. The van der Waals surface area contributed by atoms with Gasteiger partial charge in [-0.2, -0.15) is 0 Å². The van der Waals surface area contributed by atoms with Crippen LogP contribution >= 0.6 is 38.2 Å². The van der Waals surface area contributed by atoms with Crippen molar-refractivity contribution >= 4 is 55.2 Å². The second-order valence-electron chi connectivity index (χ2n) is 7.80. The zero-order chi connectivity index (χ0) is 23.2. The third-order valence-electron chi connectivity index (χ3n) is 5.91. The normalized spacial score (nSPS) is 24.1. The number of nitrogens with one attached hydrogen (secondary N) is 1. The van der Waals surface area contributed by atoms with Crippen LogP contribution in [-0.2, 0) is 24.7 Å². The van der Waals surface area contributed by atoms with Gasteiger partial charge in [-0.1, -0.05) is 13.8 Å². The fraction of sp³-hybridized carbons (Fsp3) is 0.667. The summed E-state index contributed by atoms with van der Waals surface area (Å²) in [5.74, 6) is 0.151. The lowest BCUT2D eigenvalue weighted by Crippen LogP contribution is -2.38. The minimum absolute atomic E-state index is 0. The molecule has 35 heavy (non-hydrogen) atoms. The summed E-state index contributed by atoms with van der Waals surface area (Å²) in [5.41, 5.74) is 0.135. The fourth-order valence-corrected chi connectivity index (χ4v) is 5.64. The zero-order valence-electron chi connectivity index (χ0n) is 19.7. The first-order valence-corrected chi connectivity index (χ1v) is 13.4. The third-order valence-corrected chi connectivity index (χ3v) is 7.39. The van der Waals surface area contributed by atoms with Gasteiger partial charge in [-0.05, 0) is 18.3 Å². The van der Waals surface area contributed by atoms with Crippen molar-refractivity contribution in [2.75, 3.05) is 19.0 Å². The van der Waals surface area contributed by atoms with Crippen LogP contribution in [0.2, 0.25) is 0 Å². The highest BCUT2D eigenvalue weighted by Gasteiger charge is 2.53. The summed E-state index contributed by atoms with van der Waals surface area (Å²) in [6.45, 7) is 3.46. The van der Waals surface area contributed by atoms with Gasteiger partial charge in [-0.3, -0.25) is 9.05 Å². The van der Waals surface area contributed by atoms with Gasteiger partial charge < -0.3 is 54.1 Å². The minimum Gasteiger partial charge on any atom is -0.371 e. The molecule has 206 valence electrons. The smallest absolute Gasteiger partial charge is 0.371 e. The first kappa shape index (κ1) is 36.3. The Bertz CT molecular complexity index is 1070. The average Bonchev–Trinajstić information content (AvgIpc) is 3.13. The lowest BCUT2D eigenvalue weighted by atomic mass is 9.78. The van der Waals surface area contributed by atoms with Crippen molar-refractivity contribution < 1.29 is 37.8 Å². The second kappa shape index (κ2) is 13.1. The van der Waals surface area contributed by atoms with E-state index < -0.39 is 33.8 Å². The highest BCUT2D eigenvalue weighted by Crippen LogP contribution is 2.55. The first-order chi connectivity index (χ1) is 14.2. The van der Waals surface area contributed by atoms with Gasteiger partial charge in [-0.25, -0.2) is 24.1 Å². The Labute approximate surface area is 216 Å². The van der Waals surface area contributed by atoms with E-state index in [9.17, 15) is 18.9 Å². The van der Waals surface area contributed by atoms with E-state index in [0.29, 0.717) is 27.4 Å². The quantitative estimate of drug-likeness (QED) is 0.111. The van der Waals surface area contributed by atoms with Crippen molar-refractivity contribution in [2.45, 2.75) is 32.9 Å². The summed E-state index contributed by atoms with van der Waals surface area (Å²) >= 11 is 2.00. The van der Waals surface area contributed by atoms with Gasteiger partial charge >= 0.3 is 15.6 Å². The van der Waals surface area contributed by atoms with E-state index in [1.165, 1.54) is 0 Å². The van der Waals surface area contributed by atoms with E-state index in [1.54, 1.807) is 20.3 Å². The lowest BCUT2D eigenvalue weighted by molar-refractivity contribution is -0.00425. The molecule has 0 bridgehead atoms. The standard InChI is InChI=1S/C15H24IN5O8P2.4H3N/c1-8-9(5-21-7-18-11-12(17-3)19-14(16)20-13(11)21)4-10(29-31(25,26)27)15(8,2)6-28-30(22,23)24;;;;/h7-10H,4-6H2,1-3H3,(H,17,19,20)(H2,22,23,24)(H2,25,26,27);4*1H3/t8-,9?,10+,15+;;;;/m1..../s1. The van der Waals surface area contributed by atoms with Crippen LogP contribution in [0.1, 0.15) is 20.3 Å². The Balaban J connectivity index is 0. The number of phosphoric acid groups is 2. The molecule has 4 atom stereocenters. The van der Waals surface area contributed by atoms with E-state index in [4.69, 9.17) is 18.8 Å². The van der Waals surface area contributed by atoms with Crippen LogP contribution in [0.15, 0.2) is 6.33 Å². The van der Waals surface area contributed by atoms with Crippen LogP contribution in [0.3, 0.4) is 0 Å². The van der Waals surface area contributed by atoms with Crippen LogP contribution < -0.4 is 29.9 Å². The summed E-state index contributed by atoms with van der Waals surface area (Å²) in [6, 6.07) is 0. The number of hydrogen-bond donors (Lipinski definition) is 9. The van der Waals surface area contributed by atoms with Gasteiger partial charge in [0.05, 0.1) is 19.0 Å². The van der Waals surface area contributed by atoms with E-state index in [-0.39, 0.29) is 42.9 Å². The summed E-state index contributed by atoms with van der Waals surface area (Å²) in [6.07, 6.45) is 0.884. The molecule has 20 heteroatoms. The molecular weight excluding hydrogens is 623 g/mol. The molecule has 2 aromatic heterocycles. The van der Waals surface area contributed by atoms with Crippen LogP contribution in [0.5, 0.6) is 0 Å². The Hall–Kier alpha value is -0.860. The molecule has 1 aliphatic rings. The molecule has 0 spiro atoms. The minimum atomic E-state index is -4.84. The number of rotatable bonds is 8. The third kappa shape index (κ3) is 8.32. The largest absolute Gasteiger partial charge is 0.469 e. The molecule has 1 fully saturated rings. The molecule has 17 N–H and O–H groups in total. The van der Waals surface area contributed by atoms with Gasteiger partial charge in [0.25, 0.3) is 0 Å². The molecule has 1 aliphatic carbocycles. The highest BCUT2D eigenvalue weighted by atomic mass is 127. The number of imidazole rings is 1. The maximum atomic E-state index is 11.5. The van der Waals surface area contributed by atoms with E-state index in [0.717, 1.165) is 0 Å². The fourth-order valence-electron chi connectivity index (χ4n) is 4.07. The maximum Gasteiger partial charge on any atom is 0.469 e. The van der Waals surface area contributed by atoms with Crippen LogP contribution in [0, 0.1) is 21.1 Å². The maximum absolute atomic E-state index is 11.5. The number of phosphoric ester groups is 2. The monoisotopic (exact) mass is 659 g/mol. The first-order valence-electron chi connectivity index (χ1n) is 9.23. The van der Waals surface area contributed by atoms with Gasteiger partial charge in [0.1, 0.15) is 5.52 Å². The van der Waals surface area contributed by atoms with E-state index in [2.05, 4.69) is 20.3 Å². The molecular formula is C15H36IN9O8P2. The molecule has 1 unspecified atom stereocenters. The average molecular weight is 659 g/mol.